The minimum atomic E-state index is -4.47. The summed E-state index contributed by atoms with van der Waals surface area (Å²) in [4.78, 5) is 44.2. The van der Waals surface area contributed by atoms with Crippen molar-refractivity contribution in [2.75, 3.05) is 25.0 Å². The number of halogens is 3. The molecular formula is C23H27F3N6O3. The fourth-order valence-corrected chi connectivity index (χ4v) is 4.61. The molecule has 1 aromatic carbocycles. The molecule has 12 heteroatoms. The topological polar surface area (TPSA) is 90.8 Å². The van der Waals surface area contributed by atoms with Crippen LogP contribution < -0.4 is 5.32 Å². The first-order chi connectivity index (χ1) is 16.4. The van der Waals surface area contributed by atoms with E-state index in [1.807, 2.05) is 13.8 Å². The number of hydrogen-bond acceptors (Lipinski definition) is 4. The summed E-state index contributed by atoms with van der Waals surface area (Å²) in [5, 5.41) is 6.75. The molecule has 1 unspecified atom stereocenters. The number of rotatable bonds is 4. The van der Waals surface area contributed by atoms with E-state index in [1.165, 1.54) is 37.7 Å². The van der Waals surface area contributed by atoms with Crippen molar-refractivity contribution in [3.05, 3.63) is 47.8 Å². The molecule has 2 fully saturated rings. The highest BCUT2D eigenvalue weighted by atomic mass is 19.4. The number of hydrogen-bond donors (Lipinski definition) is 1. The smallest absolute Gasteiger partial charge is 0.329 e. The Bertz CT molecular complexity index is 1130. The Hall–Kier alpha value is -3.57. The van der Waals surface area contributed by atoms with Crippen LogP contribution in [0.3, 0.4) is 0 Å². The number of alkyl halides is 3. The van der Waals surface area contributed by atoms with Gasteiger partial charge in [-0.3, -0.25) is 14.3 Å². The first-order valence-corrected chi connectivity index (χ1v) is 11.2. The summed E-state index contributed by atoms with van der Waals surface area (Å²) in [5.74, 6) is -0.580. The predicted molar refractivity (Wildman–Crippen MR) is 120 cm³/mol. The number of likely N-dealkylation sites (tertiary alicyclic amines) is 1. The number of nitrogens with one attached hydrogen (secondary N) is 1. The summed E-state index contributed by atoms with van der Waals surface area (Å²) in [7, 11) is 1.71. The number of anilines is 1. The van der Waals surface area contributed by atoms with Crippen LogP contribution in [0.1, 0.15) is 31.4 Å². The highest BCUT2D eigenvalue weighted by molar-refractivity contribution is 6.00. The second kappa shape index (κ2) is 8.90. The Labute approximate surface area is 200 Å². The average Bonchev–Trinajstić information content (AvgIpc) is 3.41. The van der Waals surface area contributed by atoms with Gasteiger partial charge in [-0.25, -0.2) is 4.79 Å². The summed E-state index contributed by atoms with van der Waals surface area (Å²) >= 11 is 0. The van der Waals surface area contributed by atoms with Crippen molar-refractivity contribution in [1.29, 1.82) is 0 Å². The van der Waals surface area contributed by atoms with Crippen LogP contribution in [0.5, 0.6) is 0 Å². The molecule has 2 saturated heterocycles. The monoisotopic (exact) mass is 492 g/mol. The Morgan fingerprint density at radius 2 is 1.89 bits per heavy atom. The molecule has 188 valence electrons. The van der Waals surface area contributed by atoms with Crippen LogP contribution in [-0.4, -0.2) is 73.5 Å². The molecule has 1 spiro atoms. The van der Waals surface area contributed by atoms with Crippen molar-refractivity contribution in [3.8, 4) is 0 Å². The van der Waals surface area contributed by atoms with Crippen molar-refractivity contribution in [2.24, 2.45) is 7.05 Å². The van der Waals surface area contributed by atoms with Crippen molar-refractivity contribution in [1.82, 2.24) is 24.5 Å². The van der Waals surface area contributed by atoms with E-state index >= 15 is 0 Å². The molecule has 2 aliphatic heterocycles. The number of amides is 4. The third kappa shape index (κ3) is 4.69. The van der Waals surface area contributed by atoms with Crippen molar-refractivity contribution >= 4 is 23.5 Å². The van der Waals surface area contributed by atoms with Crippen molar-refractivity contribution < 1.29 is 27.6 Å². The minimum Gasteiger partial charge on any atom is -0.329 e. The van der Waals surface area contributed by atoms with Crippen LogP contribution >= 0.6 is 0 Å². The van der Waals surface area contributed by atoms with E-state index in [9.17, 15) is 27.6 Å². The standard InChI is InChI=1S/C23H27F3N6O3/c1-15(2)31-13-19(33)32(11-16-4-6-17(7-5-16)23(24,25)26)22(20(31)34)8-9-30(14-22)21(35)28-18-10-27-29(3)12-18/h4-7,10,12,15H,8-9,11,13-14H2,1-3H3,(H,28,35). The minimum absolute atomic E-state index is 0.0203. The van der Waals surface area contributed by atoms with Gasteiger partial charge < -0.3 is 20.0 Å². The summed E-state index contributed by atoms with van der Waals surface area (Å²) in [6.07, 6.45) is -1.11. The first kappa shape index (κ1) is 24.6. The van der Waals surface area contributed by atoms with Gasteiger partial charge in [-0.05, 0) is 38.0 Å². The quantitative estimate of drug-likeness (QED) is 0.711. The molecule has 1 N–H and O–H groups in total. The number of urea groups is 1. The fraction of sp³-hybridized carbons (Fsp3) is 0.478. The molecule has 1 aromatic heterocycles. The molecule has 4 rings (SSSR count). The molecule has 35 heavy (non-hydrogen) atoms. The zero-order chi connectivity index (χ0) is 25.5. The number of carbonyl (C=O) groups is 3. The molecule has 0 radical (unpaired) electrons. The predicted octanol–water partition coefficient (Wildman–Crippen LogP) is 2.69. The molecule has 0 bridgehead atoms. The molecule has 2 aromatic rings. The molecule has 0 saturated carbocycles. The Morgan fingerprint density at radius 3 is 2.46 bits per heavy atom. The van der Waals surface area contributed by atoms with Gasteiger partial charge in [0.05, 0.1) is 24.0 Å². The second-order valence-electron chi connectivity index (χ2n) is 9.24. The maximum absolute atomic E-state index is 13.7. The summed E-state index contributed by atoms with van der Waals surface area (Å²) in [6.45, 7) is 3.68. The van der Waals surface area contributed by atoms with Crippen LogP contribution in [0.15, 0.2) is 36.7 Å². The van der Waals surface area contributed by atoms with Crippen LogP contribution in [0.2, 0.25) is 0 Å². The SMILES string of the molecule is CC(C)N1CC(=O)N(Cc2ccc(C(F)(F)F)cc2)C2(CCN(C(=O)Nc3cnn(C)c3)C2)C1=O. The van der Waals surface area contributed by atoms with Crippen molar-refractivity contribution in [2.45, 2.75) is 44.6 Å². The lowest BCUT2D eigenvalue weighted by molar-refractivity contribution is -0.166. The maximum Gasteiger partial charge on any atom is 0.416 e. The van der Waals surface area contributed by atoms with Gasteiger partial charge in [-0.1, -0.05) is 12.1 Å². The van der Waals surface area contributed by atoms with Crippen LogP contribution in [0.4, 0.5) is 23.7 Å². The van der Waals surface area contributed by atoms with Gasteiger partial charge in [0, 0.05) is 32.4 Å². The third-order valence-electron chi connectivity index (χ3n) is 6.52. The summed E-state index contributed by atoms with van der Waals surface area (Å²) in [6, 6.07) is 3.89. The zero-order valence-corrected chi connectivity index (χ0v) is 19.7. The van der Waals surface area contributed by atoms with Gasteiger partial charge in [0.1, 0.15) is 12.1 Å². The lowest BCUT2D eigenvalue weighted by Crippen LogP contribution is -2.69. The van der Waals surface area contributed by atoms with Crippen LogP contribution in [0, 0.1) is 0 Å². The average molecular weight is 493 g/mol. The van der Waals surface area contributed by atoms with Gasteiger partial charge in [0.15, 0.2) is 0 Å². The van der Waals surface area contributed by atoms with E-state index in [4.69, 9.17) is 0 Å². The van der Waals surface area contributed by atoms with Crippen LogP contribution in [-0.2, 0) is 29.4 Å². The second-order valence-corrected chi connectivity index (χ2v) is 9.24. The van der Waals surface area contributed by atoms with Gasteiger partial charge in [-0.2, -0.15) is 18.3 Å². The molecule has 9 nitrogen and oxygen atoms in total. The molecule has 1 atom stereocenters. The Kier molecular flexibility index (Phi) is 6.24. The Morgan fingerprint density at radius 1 is 1.20 bits per heavy atom. The van der Waals surface area contributed by atoms with Gasteiger partial charge in [-0.15, -0.1) is 0 Å². The highest BCUT2D eigenvalue weighted by Crippen LogP contribution is 2.36. The molecule has 0 aliphatic carbocycles. The zero-order valence-electron chi connectivity index (χ0n) is 19.7. The van der Waals surface area contributed by atoms with E-state index in [0.717, 1.165) is 12.1 Å². The number of benzene rings is 1. The largest absolute Gasteiger partial charge is 0.416 e. The Balaban J connectivity index is 1.60. The van der Waals surface area contributed by atoms with Crippen LogP contribution in [0.25, 0.3) is 0 Å². The van der Waals surface area contributed by atoms with Gasteiger partial charge in [0.25, 0.3) is 5.91 Å². The number of aromatic nitrogens is 2. The fourth-order valence-electron chi connectivity index (χ4n) is 4.61. The molecule has 3 heterocycles. The maximum atomic E-state index is 13.7. The lowest BCUT2D eigenvalue weighted by atomic mass is 9.89. The third-order valence-corrected chi connectivity index (χ3v) is 6.52. The molecule has 2 aliphatic rings. The number of piperazine rings is 1. The normalized spacial score (nSPS) is 20.9. The van der Waals surface area contributed by atoms with E-state index in [2.05, 4.69) is 10.4 Å². The first-order valence-electron chi connectivity index (χ1n) is 11.2. The van der Waals surface area contributed by atoms with E-state index in [1.54, 1.807) is 13.2 Å². The lowest BCUT2D eigenvalue weighted by Gasteiger charge is -2.48. The number of carbonyl (C=O) groups excluding carboxylic acids is 3. The van der Waals surface area contributed by atoms with E-state index in [-0.39, 0.29) is 50.5 Å². The number of nitrogens with zero attached hydrogens (tertiary/aromatic N) is 5. The van der Waals surface area contributed by atoms with E-state index in [0.29, 0.717) is 11.3 Å². The number of aryl methyl sites for hydroxylation is 1. The molecular weight excluding hydrogens is 465 g/mol. The van der Waals surface area contributed by atoms with E-state index < -0.39 is 23.3 Å². The summed E-state index contributed by atoms with van der Waals surface area (Å²) < 4.78 is 40.4. The molecule has 4 amide bonds. The van der Waals surface area contributed by atoms with Crippen molar-refractivity contribution in [3.63, 3.8) is 0 Å². The van der Waals surface area contributed by atoms with Gasteiger partial charge in [0.2, 0.25) is 5.91 Å². The highest BCUT2D eigenvalue weighted by Gasteiger charge is 2.57. The summed E-state index contributed by atoms with van der Waals surface area (Å²) in [5.41, 5.74) is -1.12. The van der Waals surface area contributed by atoms with Gasteiger partial charge >= 0.3 is 12.2 Å².